The van der Waals surface area contributed by atoms with E-state index in [2.05, 4.69) is 5.32 Å². The highest BCUT2D eigenvalue weighted by molar-refractivity contribution is 5.83. The summed E-state index contributed by atoms with van der Waals surface area (Å²) in [6, 6.07) is 12.0. The Balaban J connectivity index is 1.84. The Kier molecular flexibility index (Phi) is 5.99. The molecule has 3 rings (SSSR count). The third-order valence-electron chi connectivity index (χ3n) is 4.89. The van der Waals surface area contributed by atoms with Crippen molar-refractivity contribution in [3.8, 4) is 0 Å². The minimum absolute atomic E-state index is 0.00488. The van der Waals surface area contributed by atoms with Crippen LogP contribution in [0.25, 0.3) is 0 Å². The fourth-order valence-electron chi connectivity index (χ4n) is 3.44. The van der Waals surface area contributed by atoms with Crippen molar-refractivity contribution in [3.05, 3.63) is 71.3 Å². The number of likely N-dealkylation sites (tertiary alicyclic amines) is 1. The average molecular weight is 358 g/mol. The Bertz CT molecular complexity index is 745. The van der Waals surface area contributed by atoms with Crippen LogP contribution in [0.3, 0.4) is 0 Å². The summed E-state index contributed by atoms with van der Waals surface area (Å²) < 4.78 is 27.3. The molecule has 1 amide bonds. The molecule has 0 radical (unpaired) electrons. The van der Waals surface area contributed by atoms with Crippen molar-refractivity contribution in [3.63, 3.8) is 0 Å². The molecule has 0 spiro atoms. The summed E-state index contributed by atoms with van der Waals surface area (Å²) >= 11 is 0. The van der Waals surface area contributed by atoms with E-state index in [-0.39, 0.29) is 5.91 Å². The molecule has 5 heteroatoms. The minimum atomic E-state index is -0.609. The van der Waals surface area contributed by atoms with Crippen molar-refractivity contribution in [2.75, 3.05) is 13.1 Å². The van der Waals surface area contributed by atoms with Crippen LogP contribution in [-0.2, 0) is 4.79 Å². The van der Waals surface area contributed by atoms with Gasteiger partial charge < -0.3 is 4.90 Å². The standard InChI is InChI=1S/C21H24F2N2O/c1-15(18-11-10-17(22)14-19(18)23)24-20(16-8-4-2-5-9-16)21(26)25-12-6-3-7-13-25/h2,4-5,8-11,14-15,20,24H,3,6-7,12-13H2,1H3. The van der Waals surface area contributed by atoms with Crippen LogP contribution in [0.4, 0.5) is 8.78 Å². The Morgan fingerprint density at radius 1 is 1.04 bits per heavy atom. The zero-order chi connectivity index (χ0) is 18.5. The molecular formula is C21H24F2N2O. The van der Waals surface area contributed by atoms with Crippen LogP contribution in [-0.4, -0.2) is 23.9 Å². The zero-order valence-electron chi connectivity index (χ0n) is 14.9. The molecule has 0 bridgehead atoms. The number of nitrogens with one attached hydrogen (secondary N) is 1. The van der Waals surface area contributed by atoms with Gasteiger partial charge in [-0.25, -0.2) is 8.78 Å². The van der Waals surface area contributed by atoms with E-state index in [0.29, 0.717) is 5.56 Å². The van der Waals surface area contributed by atoms with Gasteiger partial charge in [-0.1, -0.05) is 36.4 Å². The monoisotopic (exact) mass is 358 g/mol. The SMILES string of the molecule is CC(NC(C(=O)N1CCCCC1)c1ccccc1)c1ccc(F)cc1F. The van der Waals surface area contributed by atoms with Crippen LogP contribution < -0.4 is 5.32 Å². The molecule has 1 fully saturated rings. The van der Waals surface area contributed by atoms with Crippen LogP contribution in [0.5, 0.6) is 0 Å². The smallest absolute Gasteiger partial charge is 0.244 e. The highest BCUT2D eigenvalue weighted by Gasteiger charge is 2.28. The van der Waals surface area contributed by atoms with Crippen LogP contribution in [0.2, 0.25) is 0 Å². The van der Waals surface area contributed by atoms with E-state index in [0.717, 1.165) is 44.0 Å². The second-order valence-corrected chi connectivity index (χ2v) is 6.78. The van der Waals surface area contributed by atoms with E-state index in [9.17, 15) is 13.6 Å². The Labute approximate surface area is 153 Å². The number of hydrogen-bond donors (Lipinski definition) is 1. The Morgan fingerprint density at radius 2 is 1.73 bits per heavy atom. The maximum atomic E-state index is 14.1. The summed E-state index contributed by atoms with van der Waals surface area (Å²) in [5.41, 5.74) is 1.19. The first-order valence-corrected chi connectivity index (χ1v) is 9.11. The zero-order valence-corrected chi connectivity index (χ0v) is 14.9. The van der Waals surface area contributed by atoms with Crippen molar-refractivity contribution in [1.29, 1.82) is 0 Å². The van der Waals surface area contributed by atoms with Gasteiger partial charge in [0.25, 0.3) is 0 Å². The maximum Gasteiger partial charge on any atom is 0.244 e. The third-order valence-corrected chi connectivity index (χ3v) is 4.89. The quantitative estimate of drug-likeness (QED) is 0.861. The van der Waals surface area contributed by atoms with Gasteiger partial charge in [-0.15, -0.1) is 0 Å². The third kappa shape index (κ3) is 4.28. The number of nitrogens with zero attached hydrogens (tertiary/aromatic N) is 1. The molecule has 1 heterocycles. The molecule has 2 unspecified atom stereocenters. The number of rotatable bonds is 5. The molecule has 26 heavy (non-hydrogen) atoms. The first kappa shape index (κ1) is 18.5. The summed E-state index contributed by atoms with van der Waals surface area (Å²) in [6.45, 7) is 3.29. The van der Waals surface area contributed by atoms with Crippen molar-refractivity contribution >= 4 is 5.91 Å². The summed E-state index contributed by atoms with van der Waals surface area (Å²) in [6.07, 6.45) is 3.16. The number of piperidine rings is 1. The van der Waals surface area contributed by atoms with Gasteiger partial charge >= 0.3 is 0 Å². The van der Waals surface area contributed by atoms with Crippen LogP contribution >= 0.6 is 0 Å². The van der Waals surface area contributed by atoms with Crippen molar-refractivity contribution in [2.45, 2.75) is 38.3 Å². The molecule has 1 N–H and O–H groups in total. The lowest BCUT2D eigenvalue weighted by molar-refractivity contribution is -0.134. The van der Waals surface area contributed by atoms with Gasteiger partial charge in [0, 0.05) is 30.8 Å². The molecule has 1 saturated heterocycles. The van der Waals surface area contributed by atoms with Crippen molar-refractivity contribution in [1.82, 2.24) is 10.2 Å². The van der Waals surface area contributed by atoms with Crippen LogP contribution in [0, 0.1) is 11.6 Å². The van der Waals surface area contributed by atoms with Gasteiger partial charge in [0.15, 0.2) is 0 Å². The molecule has 1 aliphatic heterocycles. The topological polar surface area (TPSA) is 32.3 Å². The second kappa shape index (κ2) is 8.41. The molecular weight excluding hydrogens is 334 g/mol. The van der Waals surface area contributed by atoms with Crippen molar-refractivity contribution in [2.24, 2.45) is 0 Å². The summed E-state index contributed by atoms with van der Waals surface area (Å²) in [5.74, 6) is -1.21. The second-order valence-electron chi connectivity index (χ2n) is 6.78. The fourth-order valence-corrected chi connectivity index (χ4v) is 3.44. The normalized spacial score (nSPS) is 17.0. The number of benzene rings is 2. The average Bonchev–Trinajstić information content (AvgIpc) is 2.67. The van der Waals surface area contributed by atoms with Gasteiger partial charge in [-0.2, -0.15) is 0 Å². The van der Waals surface area contributed by atoms with Gasteiger partial charge in [0.1, 0.15) is 17.7 Å². The molecule has 0 saturated carbocycles. The molecule has 2 aromatic carbocycles. The molecule has 138 valence electrons. The van der Waals surface area contributed by atoms with Crippen LogP contribution in [0.15, 0.2) is 48.5 Å². The Hall–Kier alpha value is -2.27. The van der Waals surface area contributed by atoms with E-state index in [1.807, 2.05) is 35.2 Å². The lowest BCUT2D eigenvalue weighted by Crippen LogP contribution is -2.44. The number of hydrogen-bond acceptors (Lipinski definition) is 2. The highest BCUT2D eigenvalue weighted by atomic mass is 19.1. The molecule has 2 aromatic rings. The minimum Gasteiger partial charge on any atom is -0.341 e. The molecule has 0 aliphatic carbocycles. The number of carbonyl (C=O) groups is 1. The molecule has 3 nitrogen and oxygen atoms in total. The summed E-state index contributed by atoms with van der Waals surface area (Å²) in [7, 11) is 0. The van der Waals surface area contributed by atoms with E-state index < -0.39 is 23.7 Å². The van der Waals surface area contributed by atoms with E-state index in [1.165, 1.54) is 12.1 Å². The van der Waals surface area contributed by atoms with Crippen molar-refractivity contribution < 1.29 is 13.6 Å². The van der Waals surface area contributed by atoms with Gasteiger partial charge in [0.2, 0.25) is 5.91 Å². The van der Waals surface area contributed by atoms with E-state index in [1.54, 1.807) is 6.92 Å². The van der Waals surface area contributed by atoms with E-state index in [4.69, 9.17) is 0 Å². The predicted molar refractivity (Wildman–Crippen MR) is 97.5 cm³/mol. The predicted octanol–water partition coefficient (Wildman–Crippen LogP) is 4.37. The highest BCUT2D eigenvalue weighted by Crippen LogP contribution is 2.25. The molecule has 1 aliphatic rings. The first-order valence-electron chi connectivity index (χ1n) is 9.11. The first-order chi connectivity index (χ1) is 12.6. The number of amides is 1. The summed E-state index contributed by atoms with van der Waals surface area (Å²) in [5, 5.41) is 3.25. The fraction of sp³-hybridized carbons (Fsp3) is 0.381. The number of carbonyl (C=O) groups excluding carboxylic acids is 1. The largest absolute Gasteiger partial charge is 0.341 e. The lowest BCUT2D eigenvalue weighted by atomic mass is 10.0. The number of halogens is 2. The van der Waals surface area contributed by atoms with Gasteiger partial charge in [-0.05, 0) is 37.8 Å². The van der Waals surface area contributed by atoms with E-state index >= 15 is 0 Å². The summed E-state index contributed by atoms with van der Waals surface area (Å²) in [4.78, 5) is 15.0. The van der Waals surface area contributed by atoms with Gasteiger partial charge in [-0.3, -0.25) is 10.1 Å². The van der Waals surface area contributed by atoms with Gasteiger partial charge in [0.05, 0.1) is 0 Å². The molecule has 0 aromatic heterocycles. The maximum absolute atomic E-state index is 14.1. The Morgan fingerprint density at radius 3 is 2.38 bits per heavy atom. The van der Waals surface area contributed by atoms with Crippen LogP contribution in [0.1, 0.15) is 49.4 Å². The lowest BCUT2D eigenvalue weighted by Gasteiger charge is -2.32. The molecule has 2 atom stereocenters.